The number of carbonyl (C=O) groups excluding carboxylic acids is 1. The molecule has 6 nitrogen and oxygen atoms in total. The SMILES string of the molecule is CC(C)OCCCNC(=O)c1nn(CCF)cc1N. The third-order valence-corrected chi connectivity index (χ3v) is 2.38. The van der Waals surface area contributed by atoms with Crippen molar-refractivity contribution in [1.29, 1.82) is 0 Å². The van der Waals surface area contributed by atoms with E-state index in [4.69, 9.17) is 10.5 Å². The first-order chi connectivity index (χ1) is 9.04. The van der Waals surface area contributed by atoms with Gasteiger partial charge in [0.25, 0.3) is 5.91 Å². The second-order valence-corrected chi connectivity index (χ2v) is 4.41. The Bertz CT molecular complexity index is 406. The molecule has 1 amide bonds. The molecule has 0 bridgehead atoms. The minimum atomic E-state index is -0.547. The molecular formula is C12H21FN4O2. The summed E-state index contributed by atoms with van der Waals surface area (Å²) >= 11 is 0. The number of alkyl halides is 1. The molecule has 0 saturated carbocycles. The average Bonchev–Trinajstić information content (AvgIpc) is 2.70. The molecule has 0 radical (unpaired) electrons. The molecule has 0 unspecified atom stereocenters. The Hall–Kier alpha value is -1.63. The molecule has 0 aliphatic rings. The molecule has 0 aliphatic carbocycles. The fourth-order valence-corrected chi connectivity index (χ4v) is 1.49. The number of amides is 1. The Labute approximate surface area is 112 Å². The van der Waals surface area contributed by atoms with E-state index in [1.54, 1.807) is 0 Å². The lowest BCUT2D eigenvalue weighted by Gasteiger charge is -2.07. The number of halogens is 1. The van der Waals surface area contributed by atoms with E-state index < -0.39 is 6.67 Å². The summed E-state index contributed by atoms with van der Waals surface area (Å²) < 4.78 is 18.8. The number of anilines is 1. The lowest BCUT2D eigenvalue weighted by atomic mass is 10.3. The van der Waals surface area contributed by atoms with Crippen LogP contribution in [0.3, 0.4) is 0 Å². The lowest BCUT2D eigenvalue weighted by molar-refractivity contribution is 0.0756. The van der Waals surface area contributed by atoms with E-state index in [-0.39, 0.29) is 29.9 Å². The zero-order valence-corrected chi connectivity index (χ0v) is 11.4. The van der Waals surface area contributed by atoms with Crippen molar-refractivity contribution in [3.8, 4) is 0 Å². The molecule has 0 atom stereocenters. The number of nitrogen functional groups attached to an aromatic ring is 1. The Kier molecular flexibility index (Phi) is 6.27. The van der Waals surface area contributed by atoms with Gasteiger partial charge in [-0.25, -0.2) is 4.39 Å². The van der Waals surface area contributed by atoms with Crippen molar-refractivity contribution in [1.82, 2.24) is 15.1 Å². The average molecular weight is 272 g/mol. The van der Waals surface area contributed by atoms with E-state index in [9.17, 15) is 9.18 Å². The third kappa shape index (κ3) is 5.25. The molecule has 1 aromatic rings. The summed E-state index contributed by atoms with van der Waals surface area (Å²) in [6.07, 6.45) is 2.36. The standard InChI is InChI=1S/C12H21FN4O2/c1-9(2)19-7-3-5-15-12(18)11-10(14)8-17(16-11)6-4-13/h8-9H,3-7,14H2,1-2H3,(H,15,18). The van der Waals surface area contributed by atoms with Crippen LogP contribution < -0.4 is 11.1 Å². The fraction of sp³-hybridized carbons (Fsp3) is 0.667. The summed E-state index contributed by atoms with van der Waals surface area (Å²) in [4.78, 5) is 11.8. The van der Waals surface area contributed by atoms with Crippen molar-refractivity contribution in [2.24, 2.45) is 0 Å². The maximum atomic E-state index is 12.2. The van der Waals surface area contributed by atoms with Gasteiger partial charge in [-0.05, 0) is 20.3 Å². The second-order valence-electron chi connectivity index (χ2n) is 4.41. The van der Waals surface area contributed by atoms with Gasteiger partial charge in [-0.1, -0.05) is 0 Å². The van der Waals surface area contributed by atoms with Gasteiger partial charge in [0.1, 0.15) is 6.67 Å². The van der Waals surface area contributed by atoms with Crippen LogP contribution in [-0.4, -0.2) is 41.6 Å². The molecule has 0 saturated heterocycles. The summed E-state index contributed by atoms with van der Waals surface area (Å²) in [5, 5.41) is 6.64. The van der Waals surface area contributed by atoms with Crippen molar-refractivity contribution in [2.45, 2.75) is 32.9 Å². The van der Waals surface area contributed by atoms with Gasteiger partial charge < -0.3 is 15.8 Å². The summed E-state index contributed by atoms with van der Waals surface area (Å²) in [5.74, 6) is -0.348. The normalized spacial score (nSPS) is 10.9. The summed E-state index contributed by atoms with van der Waals surface area (Å²) in [5.41, 5.74) is 6.04. The van der Waals surface area contributed by atoms with Crippen molar-refractivity contribution in [3.63, 3.8) is 0 Å². The molecule has 0 fully saturated rings. The van der Waals surface area contributed by atoms with Crippen LogP contribution in [0.4, 0.5) is 10.1 Å². The van der Waals surface area contributed by atoms with Gasteiger partial charge in [-0.15, -0.1) is 0 Å². The van der Waals surface area contributed by atoms with Crippen LogP contribution in [-0.2, 0) is 11.3 Å². The highest BCUT2D eigenvalue weighted by molar-refractivity contribution is 5.96. The number of aryl methyl sites for hydroxylation is 1. The van der Waals surface area contributed by atoms with Crippen molar-refractivity contribution < 1.29 is 13.9 Å². The topological polar surface area (TPSA) is 82.2 Å². The summed E-state index contributed by atoms with van der Waals surface area (Å²) in [6.45, 7) is 4.53. The van der Waals surface area contributed by atoms with Crippen LogP contribution in [0.1, 0.15) is 30.8 Å². The van der Waals surface area contributed by atoms with E-state index in [1.165, 1.54) is 10.9 Å². The van der Waals surface area contributed by atoms with E-state index in [0.717, 1.165) is 6.42 Å². The predicted molar refractivity (Wildman–Crippen MR) is 70.7 cm³/mol. The zero-order chi connectivity index (χ0) is 14.3. The van der Waals surface area contributed by atoms with E-state index >= 15 is 0 Å². The maximum absolute atomic E-state index is 12.2. The largest absolute Gasteiger partial charge is 0.396 e. The smallest absolute Gasteiger partial charge is 0.273 e. The number of nitrogens with one attached hydrogen (secondary N) is 1. The van der Waals surface area contributed by atoms with Crippen LogP contribution in [0.25, 0.3) is 0 Å². The van der Waals surface area contributed by atoms with Crippen LogP contribution in [0.15, 0.2) is 6.20 Å². The van der Waals surface area contributed by atoms with Gasteiger partial charge in [0, 0.05) is 19.3 Å². The molecule has 1 heterocycles. The molecule has 3 N–H and O–H groups in total. The van der Waals surface area contributed by atoms with Crippen molar-refractivity contribution in [2.75, 3.05) is 25.6 Å². The van der Waals surface area contributed by atoms with Crippen LogP contribution >= 0.6 is 0 Å². The molecule has 0 aliphatic heterocycles. The minimum absolute atomic E-state index is 0.0969. The molecule has 108 valence electrons. The number of nitrogens with two attached hydrogens (primary N) is 1. The number of hydrogen-bond acceptors (Lipinski definition) is 4. The molecule has 0 aromatic carbocycles. The predicted octanol–water partition coefficient (Wildman–Crippen LogP) is 0.980. The zero-order valence-electron chi connectivity index (χ0n) is 11.4. The highest BCUT2D eigenvalue weighted by Crippen LogP contribution is 2.08. The number of ether oxygens (including phenoxy) is 1. The maximum Gasteiger partial charge on any atom is 0.273 e. The second kappa shape index (κ2) is 7.73. The summed E-state index contributed by atoms with van der Waals surface area (Å²) in [7, 11) is 0. The van der Waals surface area contributed by atoms with Gasteiger partial charge in [0.2, 0.25) is 0 Å². The van der Waals surface area contributed by atoms with Gasteiger partial charge >= 0.3 is 0 Å². The van der Waals surface area contributed by atoms with Gasteiger partial charge in [0.05, 0.1) is 18.3 Å². The number of rotatable bonds is 8. The number of hydrogen-bond donors (Lipinski definition) is 2. The number of carbonyl (C=O) groups is 1. The first kappa shape index (κ1) is 15.4. The first-order valence-corrected chi connectivity index (χ1v) is 6.33. The Morgan fingerprint density at radius 2 is 2.37 bits per heavy atom. The summed E-state index contributed by atoms with van der Waals surface area (Å²) in [6, 6.07) is 0. The number of aromatic nitrogens is 2. The number of nitrogens with zero attached hydrogens (tertiary/aromatic N) is 2. The first-order valence-electron chi connectivity index (χ1n) is 6.33. The lowest BCUT2D eigenvalue weighted by Crippen LogP contribution is -2.26. The van der Waals surface area contributed by atoms with Crippen LogP contribution in [0.2, 0.25) is 0 Å². The Morgan fingerprint density at radius 1 is 1.63 bits per heavy atom. The van der Waals surface area contributed by atoms with Crippen LogP contribution in [0, 0.1) is 0 Å². The van der Waals surface area contributed by atoms with Crippen LogP contribution in [0.5, 0.6) is 0 Å². The Balaban J connectivity index is 2.36. The monoisotopic (exact) mass is 272 g/mol. The fourth-order valence-electron chi connectivity index (χ4n) is 1.49. The Morgan fingerprint density at radius 3 is 3.00 bits per heavy atom. The van der Waals surface area contributed by atoms with Gasteiger partial charge in [-0.2, -0.15) is 5.10 Å². The van der Waals surface area contributed by atoms with E-state index in [1.807, 2.05) is 13.8 Å². The molecule has 0 spiro atoms. The van der Waals surface area contributed by atoms with Gasteiger partial charge in [-0.3, -0.25) is 9.48 Å². The molecule has 7 heteroatoms. The van der Waals surface area contributed by atoms with E-state index in [0.29, 0.717) is 13.2 Å². The van der Waals surface area contributed by atoms with E-state index in [2.05, 4.69) is 10.4 Å². The van der Waals surface area contributed by atoms with Crippen molar-refractivity contribution in [3.05, 3.63) is 11.9 Å². The highest BCUT2D eigenvalue weighted by Gasteiger charge is 2.14. The third-order valence-electron chi connectivity index (χ3n) is 2.38. The quantitative estimate of drug-likeness (QED) is 0.691. The molecule has 1 aromatic heterocycles. The highest BCUT2D eigenvalue weighted by atomic mass is 19.1. The molecular weight excluding hydrogens is 251 g/mol. The minimum Gasteiger partial charge on any atom is -0.396 e. The van der Waals surface area contributed by atoms with Gasteiger partial charge in [0.15, 0.2) is 5.69 Å². The molecule has 19 heavy (non-hydrogen) atoms. The van der Waals surface area contributed by atoms with Crippen molar-refractivity contribution >= 4 is 11.6 Å². The molecule has 1 rings (SSSR count).